The number of benzene rings is 2. The van der Waals surface area contributed by atoms with E-state index in [-0.39, 0.29) is 12.0 Å². The maximum absolute atomic E-state index is 13.5. The fraction of sp³-hybridized carbons (Fsp3) is 0.333. The summed E-state index contributed by atoms with van der Waals surface area (Å²) in [5, 5.41) is 0.462. The van der Waals surface area contributed by atoms with Gasteiger partial charge in [-0.15, -0.1) is 0 Å². The number of fused-ring (bicyclic) bond motifs is 2. The zero-order valence-corrected chi connectivity index (χ0v) is 17.8. The van der Waals surface area contributed by atoms with Crippen LogP contribution in [0.2, 0.25) is 0 Å². The molecule has 0 fully saturated rings. The molecule has 0 atom stereocenters. The molecule has 0 bridgehead atoms. The molecule has 7 nitrogen and oxygen atoms in total. The number of methoxy groups -OCH3 is 1. The first kappa shape index (κ1) is 20.8. The van der Waals surface area contributed by atoms with Crippen molar-refractivity contribution in [3.63, 3.8) is 0 Å². The molecule has 0 radical (unpaired) electrons. The first-order valence-electron chi connectivity index (χ1n) is 10.2. The molecule has 162 valence electrons. The SMILES string of the molecule is CCCc1cc2c(=O)c(-c3ccc4c(c3)OCCO4)c(C)oc2cc1OCC(=O)OC. The van der Waals surface area contributed by atoms with Gasteiger partial charge in [-0.3, -0.25) is 4.79 Å². The van der Waals surface area contributed by atoms with Gasteiger partial charge in [0.2, 0.25) is 5.43 Å². The number of hydrogen-bond acceptors (Lipinski definition) is 7. The second-order valence-electron chi connectivity index (χ2n) is 7.29. The fourth-order valence-electron chi connectivity index (χ4n) is 3.71. The maximum atomic E-state index is 13.5. The highest BCUT2D eigenvalue weighted by atomic mass is 16.6. The molecule has 0 saturated carbocycles. The van der Waals surface area contributed by atoms with Gasteiger partial charge in [0.1, 0.15) is 30.3 Å². The molecular formula is C24H24O7. The lowest BCUT2D eigenvalue weighted by Crippen LogP contribution is -2.15. The summed E-state index contributed by atoms with van der Waals surface area (Å²) in [5.41, 5.74) is 2.30. The topological polar surface area (TPSA) is 84.2 Å². The van der Waals surface area contributed by atoms with E-state index >= 15 is 0 Å². The van der Waals surface area contributed by atoms with E-state index in [0.717, 1.165) is 12.0 Å². The summed E-state index contributed by atoms with van der Waals surface area (Å²) < 4.78 is 27.5. The molecule has 1 aliphatic rings. The zero-order chi connectivity index (χ0) is 22.0. The van der Waals surface area contributed by atoms with Gasteiger partial charge in [0.05, 0.1) is 18.1 Å². The highest BCUT2D eigenvalue weighted by Gasteiger charge is 2.19. The molecule has 7 heteroatoms. The Balaban J connectivity index is 1.82. The molecule has 0 unspecified atom stereocenters. The first-order valence-corrected chi connectivity index (χ1v) is 10.2. The van der Waals surface area contributed by atoms with Crippen LogP contribution in [-0.4, -0.2) is 32.9 Å². The first-order chi connectivity index (χ1) is 15.0. The summed E-state index contributed by atoms with van der Waals surface area (Å²) in [4.78, 5) is 24.9. The minimum atomic E-state index is -0.478. The molecule has 1 aliphatic heterocycles. The van der Waals surface area contributed by atoms with Crippen molar-refractivity contribution in [3.8, 4) is 28.4 Å². The number of carbonyl (C=O) groups excluding carboxylic acids is 1. The van der Waals surface area contributed by atoms with Gasteiger partial charge in [0.25, 0.3) is 0 Å². The van der Waals surface area contributed by atoms with Crippen LogP contribution in [0.4, 0.5) is 0 Å². The van der Waals surface area contributed by atoms with Crippen LogP contribution in [0.3, 0.4) is 0 Å². The lowest BCUT2D eigenvalue weighted by atomic mass is 9.99. The van der Waals surface area contributed by atoms with Crippen LogP contribution in [0.1, 0.15) is 24.7 Å². The van der Waals surface area contributed by atoms with Crippen molar-refractivity contribution in [3.05, 3.63) is 51.9 Å². The second kappa shape index (κ2) is 8.71. The van der Waals surface area contributed by atoms with Crippen LogP contribution < -0.4 is 19.6 Å². The number of esters is 1. The number of ether oxygens (including phenoxy) is 4. The molecule has 0 N–H and O–H groups in total. The third kappa shape index (κ3) is 4.08. The predicted octanol–water partition coefficient (Wildman–Crippen LogP) is 4.04. The van der Waals surface area contributed by atoms with Crippen LogP contribution >= 0.6 is 0 Å². The second-order valence-corrected chi connectivity index (χ2v) is 7.29. The van der Waals surface area contributed by atoms with Gasteiger partial charge >= 0.3 is 5.97 Å². The summed E-state index contributed by atoms with van der Waals surface area (Å²) in [6.45, 7) is 4.55. The van der Waals surface area contributed by atoms with Gasteiger partial charge in [-0.05, 0) is 42.7 Å². The largest absolute Gasteiger partial charge is 0.486 e. The summed E-state index contributed by atoms with van der Waals surface area (Å²) in [5.74, 6) is 1.79. The van der Waals surface area contributed by atoms with Crippen LogP contribution in [0.15, 0.2) is 39.5 Å². The highest BCUT2D eigenvalue weighted by molar-refractivity contribution is 5.85. The Bertz CT molecular complexity index is 1190. The van der Waals surface area contributed by atoms with Crippen molar-refractivity contribution in [2.75, 3.05) is 26.9 Å². The molecule has 2 aromatic carbocycles. The van der Waals surface area contributed by atoms with Crippen molar-refractivity contribution in [2.45, 2.75) is 26.7 Å². The molecule has 31 heavy (non-hydrogen) atoms. The zero-order valence-electron chi connectivity index (χ0n) is 17.8. The van der Waals surface area contributed by atoms with E-state index in [9.17, 15) is 9.59 Å². The standard InChI is InChI=1S/C24H24O7/c1-4-5-15-10-17-20(12-19(15)30-13-22(25)27-3)31-14(2)23(24(17)26)16-6-7-18-21(11-16)29-9-8-28-18/h6-7,10-12H,4-5,8-9,13H2,1-3H3. The molecule has 0 aliphatic carbocycles. The van der Waals surface area contributed by atoms with Crippen molar-refractivity contribution in [2.24, 2.45) is 0 Å². The van der Waals surface area contributed by atoms with E-state index in [4.69, 9.17) is 18.6 Å². The maximum Gasteiger partial charge on any atom is 0.343 e. The van der Waals surface area contributed by atoms with Gasteiger partial charge in [0.15, 0.2) is 18.1 Å². The lowest BCUT2D eigenvalue weighted by Gasteiger charge is -2.19. The number of carbonyl (C=O) groups is 1. The molecule has 0 amide bonds. The average molecular weight is 424 g/mol. The van der Waals surface area contributed by atoms with Gasteiger partial charge in [-0.1, -0.05) is 19.4 Å². The lowest BCUT2D eigenvalue weighted by molar-refractivity contribution is -0.142. The van der Waals surface area contributed by atoms with E-state index in [1.165, 1.54) is 7.11 Å². The van der Waals surface area contributed by atoms with Crippen molar-refractivity contribution < 1.29 is 28.2 Å². The highest BCUT2D eigenvalue weighted by Crippen LogP contribution is 2.36. The molecule has 1 aromatic heterocycles. The number of hydrogen-bond donors (Lipinski definition) is 0. The molecule has 0 spiro atoms. The Kier molecular flexibility index (Phi) is 5.84. The minimum absolute atomic E-state index is 0.132. The number of aryl methyl sites for hydroxylation is 2. The van der Waals surface area contributed by atoms with Crippen molar-refractivity contribution in [1.29, 1.82) is 0 Å². The van der Waals surface area contributed by atoms with Gasteiger partial charge in [-0.25, -0.2) is 4.79 Å². The van der Waals surface area contributed by atoms with E-state index in [1.807, 2.05) is 13.0 Å². The third-order valence-electron chi connectivity index (χ3n) is 5.17. The molecule has 2 heterocycles. The Morgan fingerprint density at radius 3 is 2.61 bits per heavy atom. The molecule has 3 aromatic rings. The van der Waals surface area contributed by atoms with Crippen LogP contribution in [0.5, 0.6) is 17.2 Å². The Hall–Kier alpha value is -3.48. The Labute approximate surface area is 179 Å². The van der Waals surface area contributed by atoms with Gasteiger partial charge in [0, 0.05) is 6.07 Å². The van der Waals surface area contributed by atoms with Crippen molar-refractivity contribution >= 4 is 16.9 Å². The third-order valence-corrected chi connectivity index (χ3v) is 5.17. The summed E-state index contributed by atoms with van der Waals surface area (Å²) >= 11 is 0. The van der Waals surface area contributed by atoms with E-state index in [0.29, 0.717) is 64.7 Å². The van der Waals surface area contributed by atoms with E-state index in [1.54, 1.807) is 31.2 Å². The average Bonchev–Trinajstić information content (AvgIpc) is 2.78. The molecular weight excluding hydrogens is 400 g/mol. The predicted molar refractivity (Wildman–Crippen MR) is 115 cm³/mol. The fourth-order valence-corrected chi connectivity index (χ4v) is 3.71. The summed E-state index contributed by atoms with van der Waals surface area (Å²) in [6.07, 6.45) is 1.55. The normalized spacial score (nSPS) is 12.6. The van der Waals surface area contributed by atoms with E-state index in [2.05, 4.69) is 4.74 Å². The van der Waals surface area contributed by atoms with Crippen molar-refractivity contribution in [1.82, 2.24) is 0 Å². The van der Waals surface area contributed by atoms with Crippen LogP contribution in [0.25, 0.3) is 22.1 Å². The Morgan fingerprint density at radius 2 is 1.87 bits per heavy atom. The molecule has 0 saturated heterocycles. The molecule has 4 rings (SSSR count). The minimum Gasteiger partial charge on any atom is -0.486 e. The monoisotopic (exact) mass is 424 g/mol. The van der Waals surface area contributed by atoms with Crippen LogP contribution in [-0.2, 0) is 16.0 Å². The summed E-state index contributed by atoms with van der Waals surface area (Å²) in [7, 11) is 1.31. The van der Waals surface area contributed by atoms with E-state index < -0.39 is 5.97 Å². The quantitative estimate of drug-likeness (QED) is 0.552. The summed E-state index contributed by atoms with van der Waals surface area (Å²) in [6, 6.07) is 8.91. The Morgan fingerprint density at radius 1 is 1.10 bits per heavy atom. The smallest absolute Gasteiger partial charge is 0.343 e. The van der Waals surface area contributed by atoms with Crippen LogP contribution in [0, 0.1) is 6.92 Å². The number of rotatable bonds is 6. The van der Waals surface area contributed by atoms with Gasteiger partial charge < -0.3 is 23.4 Å². The van der Waals surface area contributed by atoms with Gasteiger partial charge in [-0.2, -0.15) is 0 Å².